The van der Waals surface area contributed by atoms with E-state index in [0.717, 1.165) is 17.1 Å². The molecule has 5 aromatic carbocycles. The normalized spacial score (nSPS) is 12.2. The Morgan fingerprint density at radius 1 is 0.447 bits per heavy atom. The van der Waals surface area contributed by atoms with Crippen LogP contribution in [0.3, 0.4) is 0 Å². The molecule has 0 aliphatic rings. The highest BCUT2D eigenvalue weighted by molar-refractivity contribution is 6.33. The van der Waals surface area contributed by atoms with E-state index >= 15 is 0 Å². The van der Waals surface area contributed by atoms with Gasteiger partial charge in [-0.05, 0) is 41.1 Å². The van der Waals surface area contributed by atoms with Gasteiger partial charge in [-0.2, -0.15) is 0 Å². The number of nitrogens with zero attached hydrogens (tertiary/aromatic N) is 3. The minimum atomic E-state index is 0.931. The summed E-state index contributed by atoms with van der Waals surface area (Å²) in [6.45, 7) is 0. The third kappa shape index (κ3) is 2.45. The molecular weight excluding hydrogens is 462 g/mol. The zero-order valence-corrected chi connectivity index (χ0v) is 20.5. The van der Waals surface area contributed by atoms with Gasteiger partial charge < -0.3 is 4.40 Å². The second-order valence-corrected chi connectivity index (χ2v) is 10.0. The van der Waals surface area contributed by atoms with E-state index in [1.807, 2.05) is 6.07 Å². The first-order valence-electron chi connectivity index (χ1n) is 13.0. The summed E-state index contributed by atoms with van der Waals surface area (Å²) < 4.78 is 4.85. The Kier molecular flexibility index (Phi) is 3.79. The fourth-order valence-corrected chi connectivity index (χ4v) is 6.52. The van der Waals surface area contributed by atoms with Gasteiger partial charge in [0.2, 0.25) is 0 Å². The number of pyridine rings is 1. The van der Waals surface area contributed by atoms with E-state index in [4.69, 9.17) is 4.98 Å². The number of hydrogen-bond acceptors (Lipinski definition) is 1. The van der Waals surface area contributed by atoms with Crippen molar-refractivity contribution < 1.29 is 0 Å². The molecule has 4 heterocycles. The van der Waals surface area contributed by atoms with Crippen molar-refractivity contribution in [2.45, 2.75) is 0 Å². The van der Waals surface area contributed by atoms with Crippen LogP contribution in [0.5, 0.6) is 0 Å². The molecule has 0 fully saturated rings. The Balaban J connectivity index is 1.58. The van der Waals surface area contributed by atoms with Gasteiger partial charge in [0.25, 0.3) is 0 Å². The summed E-state index contributed by atoms with van der Waals surface area (Å²) in [5.41, 5.74) is 8.15. The van der Waals surface area contributed by atoms with Crippen LogP contribution < -0.4 is 0 Å². The van der Waals surface area contributed by atoms with Gasteiger partial charge in [-0.25, -0.2) is 4.98 Å². The fraction of sp³-hybridized carbons (Fsp3) is 0. The van der Waals surface area contributed by atoms with Crippen LogP contribution in [0.1, 0.15) is 0 Å². The van der Waals surface area contributed by atoms with Gasteiger partial charge in [0.1, 0.15) is 5.82 Å². The monoisotopic (exact) mass is 483 g/mol. The topological polar surface area (TPSA) is 22.2 Å². The van der Waals surface area contributed by atoms with Crippen molar-refractivity contribution >= 4 is 59.9 Å². The maximum atomic E-state index is 5.22. The summed E-state index contributed by atoms with van der Waals surface area (Å²) >= 11 is 0. The minimum Gasteiger partial charge on any atom is -0.306 e. The number of para-hydroxylation sites is 2. The Labute approximate surface area is 218 Å². The molecule has 3 heteroatoms. The van der Waals surface area contributed by atoms with Gasteiger partial charge in [-0.15, -0.1) is 0 Å². The lowest BCUT2D eigenvalue weighted by molar-refractivity contribution is 1.09. The number of fused-ring (bicyclic) bond motifs is 6. The Hall–Kier alpha value is -5.15. The quantitative estimate of drug-likeness (QED) is 0.240. The van der Waals surface area contributed by atoms with Gasteiger partial charge in [-0.3, -0.25) is 4.57 Å². The molecule has 0 bridgehead atoms. The molecule has 176 valence electrons. The second kappa shape index (κ2) is 7.21. The van der Waals surface area contributed by atoms with E-state index in [0.29, 0.717) is 0 Å². The number of rotatable bonds is 2. The molecule has 0 saturated carbocycles. The van der Waals surface area contributed by atoms with Crippen molar-refractivity contribution in [3.05, 3.63) is 127 Å². The maximum absolute atomic E-state index is 5.22. The van der Waals surface area contributed by atoms with E-state index in [2.05, 4.69) is 130 Å². The van der Waals surface area contributed by atoms with Crippen LogP contribution in [0, 0.1) is 0 Å². The third-order valence-electron chi connectivity index (χ3n) is 8.04. The average molecular weight is 484 g/mol. The Morgan fingerprint density at radius 2 is 1.16 bits per heavy atom. The highest BCUT2D eigenvalue weighted by atomic mass is 15.1. The summed E-state index contributed by atoms with van der Waals surface area (Å²) in [6, 6.07) is 45.6. The van der Waals surface area contributed by atoms with Crippen molar-refractivity contribution in [1.82, 2.24) is 14.0 Å². The summed E-state index contributed by atoms with van der Waals surface area (Å²) in [5, 5.41) is 7.62. The predicted octanol–water partition coefficient (Wildman–Crippen LogP) is 9.00. The number of hydrogen-bond donors (Lipinski definition) is 0. The van der Waals surface area contributed by atoms with Crippen molar-refractivity contribution in [3.8, 4) is 17.1 Å². The third-order valence-corrected chi connectivity index (χ3v) is 8.04. The second-order valence-electron chi connectivity index (χ2n) is 10.0. The maximum Gasteiger partial charge on any atom is 0.138 e. The number of benzene rings is 5. The van der Waals surface area contributed by atoms with Crippen molar-refractivity contribution in [1.29, 1.82) is 0 Å². The molecule has 4 aromatic heterocycles. The highest BCUT2D eigenvalue weighted by Gasteiger charge is 2.24. The molecule has 38 heavy (non-hydrogen) atoms. The predicted molar refractivity (Wildman–Crippen MR) is 159 cm³/mol. The van der Waals surface area contributed by atoms with Crippen LogP contribution in [0.25, 0.3) is 77.0 Å². The largest absolute Gasteiger partial charge is 0.306 e. The van der Waals surface area contributed by atoms with Crippen molar-refractivity contribution in [2.24, 2.45) is 0 Å². The summed E-state index contributed by atoms with van der Waals surface area (Å²) in [5.74, 6) is 0.931. The number of aromatic nitrogens is 3. The molecule has 0 spiro atoms. The summed E-state index contributed by atoms with van der Waals surface area (Å²) in [6.07, 6.45) is 0. The van der Waals surface area contributed by atoms with Crippen LogP contribution >= 0.6 is 0 Å². The van der Waals surface area contributed by atoms with Gasteiger partial charge >= 0.3 is 0 Å². The van der Waals surface area contributed by atoms with E-state index < -0.39 is 0 Å². The van der Waals surface area contributed by atoms with Crippen molar-refractivity contribution in [2.75, 3.05) is 0 Å². The smallest absolute Gasteiger partial charge is 0.138 e. The van der Waals surface area contributed by atoms with Crippen LogP contribution in [0.2, 0.25) is 0 Å². The van der Waals surface area contributed by atoms with E-state index in [9.17, 15) is 0 Å². The molecule has 0 amide bonds. The first kappa shape index (κ1) is 20.0. The minimum absolute atomic E-state index is 0.931. The molecule has 9 aromatic rings. The van der Waals surface area contributed by atoms with E-state index in [-0.39, 0.29) is 0 Å². The lowest BCUT2D eigenvalue weighted by Crippen LogP contribution is -1.98. The first-order chi connectivity index (χ1) is 18.9. The van der Waals surface area contributed by atoms with Gasteiger partial charge in [0.15, 0.2) is 0 Å². The molecule has 0 radical (unpaired) electrons. The molecule has 0 atom stereocenters. The zero-order valence-electron chi connectivity index (χ0n) is 20.5. The summed E-state index contributed by atoms with van der Waals surface area (Å²) in [7, 11) is 0. The SMILES string of the molecule is c1ccc(-c2cccc(-n3c4ccc5cccc6c7ccccc7n7c8ccccc8c3c7c4c56)n2)cc1. The van der Waals surface area contributed by atoms with E-state index in [1.165, 1.54) is 59.9 Å². The molecule has 0 aliphatic carbocycles. The summed E-state index contributed by atoms with van der Waals surface area (Å²) in [4.78, 5) is 5.22. The van der Waals surface area contributed by atoms with Gasteiger partial charge in [-0.1, -0.05) is 97.1 Å². The molecule has 0 saturated heterocycles. The standard InChI is InChI=1S/C35H21N3/c1-2-10-22(11-3-1)27-16-9-19-31(36-27)38-30-21-20-23-12-8-15-25-24-13-4-6-17-28(24)37-29-18-7-5-14-26(29)34(38)35(37)33(30)32(23)25/h1-21H. The van der Waals surface area contributed by atoms with Gasteiger partial charge in [0, 0.05) is 27.1 Å². The molecular formula is C35H21N3. The molecule has 0 unspecified atom stereocenters. The lowest BCUT2D eigenvalue weighted by atomic mass is 10.0. The first-order valence-corrected chi connectivity index (χ1v) is 13.0. The average Bonchev–Trinajstić information content (AvgIpc) is 3.45. The van der Waals surface area contributed by atoms with E-state index in [1.54, 1.807) is 0 Å². The molecule has 3 nitrogen and oxygen atoms in total. The zero-order chi connectivity index (χ0) is 24.8. The lowest BCUT2D eigenvalue weighted by Gasteiger charge is -2.10. The molecule has 0 N–H and O–H groups in total. The molecule has 9 rings (SSSR count). The van der Waals surface area contributed by atoms with Crippen LogP contribution in [-0.2, 0) is 0 Å². The van der Waals surface area contributed by atoms with Crippen LogP contribution in [0.15, 0.2) is 127 Å². The van der Waals surface area contributed by atoms with Crippen LogP contribution in [-0.4, -0.2) is 14.0 Å². The van der Waals surface area contributed by atoms with Crippen molar-refractivity contribution in [3.63, 3.8) is 0 Å². The fourth-order valence-electron chi connectivity index (χ4n) is 6.52. The Bertz CT molecular complexity index is 2340. The van der Waals surface area contributed by atoms with Gasteiger partial charge in [0.05, 0.1) is 33.3 Å². The van der Waals surface area contributed by atoms with Crippen LogP contribution in [0.4, 0.5) is 0 Å². The molecule has 0 aliphatic heterocycles. The Morgan fingerprint density at radius 3 is 2.03 bits per heavy atom. The highest BCUT2D eigenvalue weighted by Crippen LogP contribution is 2.45.